The number of carbonyl (C=O) groups is 1. The number of nitrogens with zero attached hydrogens (tertiary/aromatic N) is 2. The lowest BCUT2D eigenvalue weighted by molar-refractivity contribution is -0.146. The summed E-state index contributed by atoms with van der Waals surface area (Å²) in [6.07, 6.45) is 4.35. The van der Waals surface area contributed by atoms with Crippen LogP contribution in [0.15, 0.2) is 12.5 Å². The van der Waals surface area contributed by atoms with Crippen molar-refractivity contribution in [2.24, 2.45) is 0 Å². The maximum absolute atomic E-state index is 10.4. The smallest absolute Gasteiger partial charge is 0.332 e. The Morgan fingerprint density at radius 2 is 2.43 bits per heavy atom. The van der Waals surface area contributed by atoms with Gasteiger partial charge < -0.3 is 14.8 Å². The van der Waals surface area contributed by atoms with Gasteiger partial charge in [0.15, 0.2) is 6.10 Å². The van der Waals surface area contributed by atoms with Gasteiger partial charge in [-0.2, -0.15) is 0 Å². The van der Waals surface area contributed by atoms with E-state index in [-0.39, 0.29) is 6.42 Å². The molecule has 2 N–H and O–H groups in total. The van der Waals surface area contributed by atoms with Crippen LogP contribution < -0.4 is 0 Å². The van der Waals surface area contributed by atoms with Crippen LogP contribution in [0, 0.1) is 0 Å². The molecule has 5 heteroatoms. The molecule has 1 aromatic heterocycles. The van der Waals surface area contributed by atoms with E-state index in [1.165, 1.54) is 0 Å². The summed E-state index contributed by atoms with van der Waals surface area (Å²) in [4.78, 5) is 14.4. The molecule has 1 fully saturated rings. The average molecular weight is 196 g/mol. The number of carboxylic acid groups (broad SMARTS) is 1. The molecule has 1 unspecified atom stereocenters. The van der Waals surface area contributed by atoms with Crippen molar-refractivity contribution in [1.82, 2.24) is 9.55 Å². The van der Waals surface area contributed by atoms with Crippen LogP contribution >= 0.6 is 0 Å². The standard InChI is InChI=1S/C9H12N2O3/c12-8(9(13)14)3-7-4-10-5-11(7)6-1-2-6/h4-6,8,12H,1-3H2,(H,13,14). The molecule has 1 aromatic rings. The van der Waals surface area contributed by atoms with E-state index in [1.54, 1.807) is 12.5 Å². The molecule has 2 rings (SSSR count). The predicted octanol–water partition coefficient (Wildman–Crippen LogP) is 0.206. The zero-order valence-corrected chi connectivity index (χ0v) is 7.63. The van der Waals surface area contributed by atoms with Gasteiger partial charge in [-0.05, 0) is 12.8 Å². The number of aliphatic hydroxyl groups excluding tert-OH is 1. The molecule has 1 aliphatic rings. The first-order chi connectivity index (χ1) is 6.68. The third kappa shape index (κ3) is 1.77. The summed E-state index contributed by atoms with van der Waals surface area (Å²) in [7, 11) is 0. The normalized spacial score (nSPS) is 18.1. The molecular weight excluding hydrogens is 184 g/mol. The Kier molecular flexibility index (Phi) is 2.25. The van der Waals surface area contributed by atoms with Gasteiger partial charge in [0, 0.05) is 24.4 Å². The monoisotopic (exact) mass is 196 g/mol. The van der Waals surface area contributed by atoms with E-state index in [0.29, 0.717) is 6.04 Å². The highest BCUT2D eigenvalue weighted by atomic mass is 16.4. The van der Waals surface area contributed by atoms with Crippen molar-refractivity contribution >= 4 is 5.97 Å². The van der Waals surface area contributed by atoms with Crippen LogP contribution in [0.4, 0.5) is 0 Å². The largest absolute Gasteiger partial charge is 0.479 e. The zero-order chi connectivity index (χ0) is 10.1. The Morgan fingerprint density at radius 1 is 1.71 bits per heavy atom. The second-order valence-corrected chi connectivity index (χ2v) is 3.58. The van der Waals surface area contributed by atoms with Gasteiger partial charge in [-0.1, -0.05) is 0 Å². The molecule has 0 saturated heterocycles. The highest BCUT2D eigenvalue weighted by Crippen LogP contribution is 2.35. The fraction of sp³-hybridized carbons (Fsp3) is 0.556. The van der Waals surface area contributed by atoms with Gasteiger partial charge in [0.2, 0.25) is 0 Å². The number of aliphatic hydroxyl groups is 1. The van der Waals surface area contributed by atoms with Crippen LogP contribution in [0.25, 0.3) is 0 Å². The summed E-state index contributed by atoms with van der Waals surface area (Å²) in [5.74, 6) is -1.19. The molecule has 1 aliphatic carbocycles. The maximum atomic E-state index is 10.4. The van der Waals surface area contributed by atoms with Crippen LogP contribution in [-0.2, 0) is 11.2 Å². The molecule has 14 heavy (non-hydrogen) atoms. The molecule has 1 saturated carbocycles. The average Bonchev–Trinajstić information content (AvgIpc) is 2.88. The Bertz CT molecular complexity index is 344. The van der Waals surface area contributed by atoms with Crippen molar-refractivity contribution in [3.8, 4) is 0 Å². The Hall–Kier alpha value is -1.36. The lowest BCUT2D eigenvalue weighted by atomic mass is 10.2. The van der Waals surface area contributed by atoms with Gasteiger partial charge in [0.1, 0.15) is 0 Å². The summed E-state index contributed by atoms with van der Waals surface area (Å²) in [5.41, 5.74) is 0.794. The predicted molar refractivity (Wildman–Crippen MR) is 47.8 cm³/mol. The SMILES string of the molecule is O=C(O)C(O)Cc1cncn1C1CC1. The van der Waals surface area contributed by atoms with Crippen molar-refractivity contribution in [2.75, 3.05) is 0 Å². The van der Waals surface area contributed by atoms with Gasteiger partial charge in [0.05, 0.1) is 6.33 Å². The number of hydrogen-bond acceptors (Lipinski definition) is 3. The van der Waals surface area contributed by atoms with Crippen LogP contribution in [0.1, 0.15) is 24.6 Å². The first-order valence-electron chi connectivity index (χ1n) is 4.60. The van der Waals surface area contributed by atoms with Crippen molar-refractivity contribution < 1.29 is 15.0 Å². The first-order valence-corrected chi connectivity index (χ1v) is 4.60. The molecule has 0 spiro atoms. The van der Waals surface area contributed by atoms with Gasteiger partial charge in [-0.15, -0.1) is 0 Å². The van der Waals surface area contributed by atoms with Crippen molar-refractivity contribution in [3.05, 3.63) is 18.2 Å². The fourth-order valence-electron chi connectivity index (χ4n) is 1.46. The van der Waals surface area contributed by atoms with Gasteiger partial charge in [-0.25, -0.2) is 9.78 Å². The van der Waals surface area contributed by atoms with Crippen molar-refractivity contribution in [2.45, 2.75) is 31.4 Å². The first kappa shape index (κ1) is 9.21. The molecule has 0 bridgehead atoms. The number of aromatic nitrogens is 2. The number of hydrogen-bond donors (Lipinski definition) is 2. The molecular formula is C9H12N2O3. The third-order valence-corrected chi connectivity index (χ3v) is 2.37. The van der Waals surface area contributed by atoms with E-state index < -0.39 is 12.1 Å². The van der Waals surface area contributed by atoms with E-state index in [9.17, 15) is 9.90 Å². The molecule has 1 atom stereocenters. The highest BCUT2D eigenvalue weighted by molar-refractivity contribution is 5.72. The summed E-state index contributed by atoms with van der Waals surface area (Å²) in [6, 6.07) is 0.466. The van der Waals surface area contributed by atoms with Crippen LogP contribution in [-0.4, -0.2) is 31.8 Å². The fourth-order valence-corrected chi connectivity index (χ4v) is 1.46. The van der Waals surface area contributed by atoms with Gasteiger partial charge >= 0.3 is 5.97 Å². The van der Waals surface area contributed by atoms with Crippen molar-refractivity contribution in [1.29, 1.82) is 0 Å². The molecule has 0 aliphatic heterocycles. The topological polar surface area (TPSA) is 75.3 Å². The van der Waals surface area contributed by atoms with E-state index in [1.807, 2.05) is 4.57 Å². The number of imidazole rings is 1. The lowest BCUT2D eigenvalue weighted by Gasteiger charge is -2.08. The summed E-state index contributed by atoms with van der Waals surface area (Å²) in [6.45, 7) is 0. The zero-order valence-electron chi connectivity index (χ0n) is 7.63. The van der Waals surface area contributed by atoms with E-state index in [0.717, 1.165) is 18.5 Å². The minimum atomic E-state index is -1.33. The van der Waals surface area contributed by atoms with E-state index in [4.69, 9.17) is 5.11 Å². The quantitative estimate of drug-likeness (QED) is 0.721. The van der Waals surface area contributed by atoms with Gasteiger partial charge in [0.25, 0.3) is 0 Å². The lowest BCUT2D eigenvalue weighted by Crippen LogP contribution is -2.23. The molecule has 1 heterocycles. The van der Waals surface area contributed by atoms with Gasteiger partial charge in [-0.3, -0.25) is 0 Å². The number of aliphatic carboxylic acids is 1. The maximum Gasteiger partial charge on any atom is 0.332 e. The Balaban J connectivity index is 2.08. The molecule has 0 amide bonds. The summed E-state index contributed by atoms with van der Waals surface area (Å²) in [5, 5.41) is 17.7. The third-order valence-electron chi connectivity index (χ3n) is 2.37. The molecule has 0 aromatic carbocycles. The highest BCUT2D eigenvalue weighted by Gasteiger charge is 2.26. The van der Waals surface area contributed by atoms with E-state index >= 15 is 0 Å². The number of carboxylic acids is 1. The van der Waals surface area contributed by atoms with Crippen LogP contribution in [0.5, 0.6) is 0 Å². The second kappa shape index (κ2) is 3.42. The summed E-state index contributed by atoms with van der Waals surface area (Å²) < 4.78 is 1.95. The second-order valence-electron chi connectivity index (χ2n) is 3.58. The molecule has 0 radical (unpaired) electrons. The Labute approximate surface area is 81.0 Å². The minimum Gasteiger partial charge on any atom is -0.479 e. The molecule has 76 valence electrons. The Morgan fingerprint density at radius 3 is 3.00 bits per heavy atom. The summed E-state index contributed by atoms with van der Waals surface area (Å²) >= 11 is 0. The minimum absolute atomic E-state index is 0.131. The van der Waals surface area contributed by atoms with E-state index in [2.05, 4.69) is 4.98 Å². The molecule has 5 nitrogen and oxygen atoms in total. The van der Waals surface area contributed by atoms with Crippen LogP contribution in [0.3, 0.4) is 0 Å². The number of rotatable bonds is 4. The van der Waals surface area contributed by atoms with Crippen molar-refractivity contribution in [3.63, 3.8) is 0 Å². The van der Waals surface area contributed by atoms with Crippen LogP contribution in [0.2, 0.25) is 0 Å².